The predicted octanol–water partition coefficient (Wildman–Crippen LogP) is 2.32. The molecule has 1 heterocycles. The second-order valence-electron chi connectivity index (χ2n) is 7.32. The Labute approximate surface area is 119 Å². The Morgan fingerprint density at radius 1 is 1.11 bits per heavy atom. The molecule has 0 amide bonds. The van der Waals surface area contributed by atoms with E-state index in [1.54, 1.807) is 0 Å². The van der Waals surface area contributed by atoms with Gasteiger partial charge < -0.3 is 5.32 Å². The fourth-order valence-electron chi connectivity index (χ4n) is 3.10. The molecule has 1 aliphatic carbocycles. The third-order valence-electron chi connectivity index (χ3n) is 4.62. The van der Waals surface area contributed by atoms with Crippen molar-refractivity contribution < 1.29 is 0 Å². The highest BCUT2D eigenvalue weighted by Crippen LogP contribution is 2.21. The lowest BCUT2D eigenvalue weighted by atomic mass is 10.0. The minimum atomic E-state index is 0.332. The zero-order chi connectivity index (χ0) is 13.9. The minimum absolute atomic E-state index is 0.332. The van der Waals surface area contributed by atoms with E-state index in [9.17, 15) is 0 Å². The minimum Gasteiger partial charge on any atom is -0.312 e. The largest absolute Gasteiger partial charge is 0.312 e. The monoisotopic (exact) mass is 267 g/mol. The molecule has 3 nitrogen and oxygen atoms in total. The SMILES string of the molecule is CCCC(CNC1CC1)N1CCN(C(C)(C)C)CC1. The molecule has 1 unspecified atom stereocenters. The summed E-state index contributed by atoms with van der Waals surface area (Å²) in [5.41, 5.74) is 0.332. The Hall–Kier alpha value is -0.120. The molecular formula is C16H33N3. The summed E-state index contributed by atoms with van der Waals surface area (Å²) in [4.78, 5) is 5.35. The first-order valence-electron chi connectivity index (χ1n) is 8.23. The van der Waals surface area contributed by atoms with Gasteiger partial charge in [0, 0.05) is 50.3 Å². The normalized spacial score (nSPS) is 24.6. The van der Waals surface area contributed by atoms with Crippen LogP contribution in [0.4, 0.5) is 0 Å². The van der Waals surface area contributed by atoms with E-state index in [2.05, 4.69) is 42.8 Å². The summed E-state index contributed by atoms with van der Waals surface area (Å²) in [7, 11) is 0. The summed E-state index contributed by atoms with van der Waals surface area (Å²) in [6, 6.07) is 1.60. The lowest BCUT2D eigenvalue weighted by Gasteiger charge is -2.44. The van der Waals surface area contributed by atoms with Crippen LogP contribution in [-0.2, 0) is 0 Å². The van der Waals surface area contributed by atoms with Gasteiger partial charge in [-0.1, -0.05) is 13.3 Å². The maximum Gasteiger partial charge on any atom is 0.0221 e. The van der Waals surface area contributed by atoms with Crippen LogP contribution in [0.2, 0.25) is 0 Å². The first-order chi connectivity index (χ1) is 9.00. The first kappa shape index (κ1) is 15.3. The molecule has 19 heavy (non-hydrogen) atoms. The summed E-state index contributed by atoms with van der Waals surface area (Å²) < 4.78 is 0. The maximum absolute atomic E-state index is 3.72. The van der Waals surface area contributed by atoms with Gasteiger partial charge in [-0.3, -0.25) is 9.80 Å². The maximum atomic E-state index is 3.72. The zero-order valence-corrected chi connectivity index (χ0v) is 13.4. The van der Waals surface area contributed by atoms with Crippen molar-refractivity contribution in [2.75, 3.05) is 32.7 Å². The fraction of sp³-hybridized carbons (Fsp3) is 1.00. The third kappa shape index (κ3) is 4.73. The Balaban J connectivity index is 1.78. The number of rotatable bonds is 6. The Kier molecular flexibility index (Phi) is 5.27. The highest BCUT2D eigenvalue weighted by molar-refractivity contribution is 4.87. The Morgan fingerprint density at radius 3 is 2.21 bits per heavy atom. The molecule has 1 N–H and O–H groups in total. The van der Waals surface area contributed by atoms with Crippen molar-refractivity contribution in [2.24, 2.45) is 0 Å². The lowest BCUT2D eigenvalue weighted by molar-refractivity contribution is 0.0397. The molecule has 1 saturated heterocycles. The first-order valence-corrected chi connectivity index (χ1v) is 8.23. The predicted molar refractivity (Wildman–Crippen MR) is 82.6 cm³/mol. The molecule has 2 fully saturated rings. The van der Waals surface area contributed by atoms with Crippen LogP contribution < -0.4 is 5.32 Å². The Morgan fingerprint density at radius 2 is 1.74 bits per heavy atom. The second kappa shape index (κ2) is 6.55. The topological polar surface area (TPSA) is 18.5 Å². The molecule has 0 bridgehead atoms. The van der Waals surface area contributed by atoms with Gasteiger partial charge >= 0.3 is 0 Å². The van der Waals surface area contributed by atoms with E-state index < -0.39 is 0 Å². The molecule has 0 aromatic rings. The average molecular weight is 267 g/mol. The number of nitrogens with zero attached hydrogens (tertiary/aromatic N) is 2. The summed E-state index contributed by atoms with van der Waals surface area (Å²) in [6.45, 7) is 15.5. The van der Waals surface area contributed by atoms with Crippen LogP contribution in [0.1, 0.15) is 53.4 Å². The van der Waals surface area contributed by atoms with E-state index in [-0.39, 0.29) is 0 Å². The Bertz CT molecular complexity index is 260. The van der Waals surface area contributed by atoms with E-state index in [0.717, 1.165) is 12.1 Å². The van der Waals surface area contributed by atoms with Crippen molar-refractivity contribution in [2.45, 2.75) is 71.0 Å². The quantitative estimate of drug-likeness (QED) is 0.797. The standard InChI is InChI=1S/C16H33N3/c1-5-6-15(13-17-14-7-8-14)18-9-11-19(12-10-18)16(2,3)4/h14-15,17H,5-13H2,1-4H3. The summed E-state index contributed by atoms with van der Waals surface area (Å²) >= 11 is 0. The lowest BCUT2D eigenvalue weighted by Crippen LogP contribution is -2.57. The van der Waals surface area contributed by atoms with Crippen molar-refractivity contribution in [1.29, 1.82) is 0 Å². The van der Waals surface area contributed by atoms with Crippen molar-refractivity contribution in [3.8, 4) is 0 Å². The van der Waals surface area contributed by atoms with Crippen LogP contribution in [-0.4, -0.2) is 60.1 Å². The van der Waals surface area contributed by atoms with E-state index >= 15 is 0 Å². The molecule has 0 radical (unpaired) electrons. The van der Waals surface area contributed by atoms with Crippen LogP contribution in [0.15, 0.2) is 0 Å². The summed E-state index contributed by atoms with van der Waals surface area (Å²) in [5.74, 6) is 0. The van der Waals surface area contributed by atoms with E-state index in [0.29, 0.717) is 5.54 Å². The van der Waals surface area contributed by atoms with E-state index in [1.165, 1.54) is 58.4 Å². The summed E-state index contributed by atoms with van der Waals surface area (Å²) in [6.07, 6.45) is 5.44. The molecule has 1 saturated carbocycles. The van der Waals surface area contributed by atoms with Gasteiger partial charge in [0.05, 0.1) is 0 Å². The van der Waals surface area contributed by atoms with Crippen LogP contribution in [0.3, 0.4) is 0 Å². The van der Waals surface area contributed by atoms with Gasteiger partial charge in [-0.15, -0.1) is 0 Å². The smallest absolute Gasteiger partial charge is 0.0221 e. The molecule has 2 rings (SSSR count). The van der Waals surface area contributed by atoms with Gasteiger partial charge in [0.1, 0.15) is 0 Å². The highest BCUT2D eigenvalue weighted by atomic mass is 15.3. The number of piperazine rings is 1. The van der Waals surface area contributed by atoms with Gasteiger partial charge in [0.2, 0.25) is 0 Å². The van der Waals surface area contributed by atoms with E-state index in [4.69, 9.17) is 0 Å². The fourth-order valence-corrected chi connectivity index (χ4v) is 3.10. The van der Waals surface area contributed by atoms with Gasteiger partial charge in [-0.2, -0.15) is 0 Å². The molecule has 0 aromatic heterocycles. The van der Waals surface area contributed by atoms with Gasteiger partial charge in [-0.05, 0) is 40.0 Å². The molecule has 0 aromatic carbocycles. The van der Waals surface area contributed by atoms with Gasteiger partial charge in [0.25, 0.3) is 0 Å². The second-order valence-corrected chi connectivity index (χ2v) is 7.32. The highest BCUT2D eigenvalue weighted by Gasteiger charge is 2.29. The van der Waals surface area contributed by atoms with Gasteiger partial charge in [0.15, 0.2) is 0 Å². The molecule has 2 aliphatic rings. The van der Waals surface area contributed by atoms with Crippen molar-refractivity contribution in [1.82, 2.24) is 15.1 Å². The molecule has 1 aliphatic heterocycles. The van der Waals surface area contributed by atoms with Crippen LogP contribution in [0.5, 0.6) is 0 Å². The average Bonchev–Trinajstić information content (AvgIpc) is 3.17. The molecular weight excluding hydrogens is 234 g/mol. The number of hydrogen-bond acceptors (Lipinski definition) is 3. The molecule has 112 valence electrons. The van der Waals surface area contributed by atoms with Crippen molar-refractivity contribution in [3.63, 3.8) is 0 Å². The van der Waals surface area contributed by atoms with Crippen LogP contribution in [0, 0.1) is 0 Å². The zero-order valence-electron chi connectivity index (χ0n) is 13.4. The third-order valence-corrected chi connectivity index (χ3v) is 4.62. The van der Waals surface area contributed by atoms with E-state index in [1.807, 2.05) is 0 Å². The number of nitrogens with one attached hydrogen (secondary N) is 1. The van der Waals surface area contributed by atoms with Crippen molar-refractivity contribution in [3.05, 3.63) is 0 Å². The molecule has 3 heteroatoms. The molecule has 1 atom stereocenters. The summed E-state index contributed by atoms with van der Waals surface area (Å²) in [5, 5.41) is 3.72. The number of hydrogen-bond donors (Lipinski definition) is 1. The van der Waals surface area contributed by atoms with Crippen molar-refractivity contribution >= 4 is 0 Å². The van der Waals surface area contributed by atoms with Crippen LogP contribution >= 0.6 is 0 Å². The van der Waals surface area contributed by atoms with Crippen LogP contribution in [0.25, 0.3) is 0 Å². The molecule has 0 spiro atoms. The van der Waals surface area contributed by atoms with Gasteiger partial charge in [-0.25, -0.2) is 0 Å².